The normalized spacial score (nSPS) is 10.8. The molecule has 1 aromatic heterocycles. The Hall–Kier alpha value is -1.92. The minimum absolute atomic E-state index is 0.248. The second-order valence-corrected chi connectivity index (χ2v) is 6.20. The number of hydrogen-bond acceptors (Lipinski definition) is 4. The van der Waals surface area contributed by atoms with Gasteiger partial charge in [-0.15, -0.1) is 11.8 Å². The van der Waals surface area contributed by atoms with Crippen LogP contribution in [0.15, 0.2) is 47.4 Å². The molecule has 21 heavy (non-hydrogen) atoms. The molecule has 0 aliphatic carbocycles. The Morgan fingerprint density at radius 1 is 1.24 bits per heavy atom. The van der Waals surface area contributed by atoms with Crippen LogP contribution in [-0.4, -0.2) is 17.1 Å². The lowest BCUT2D eigenvalue weighted by molar-refractivity contribution is 0.102. The number of carbonyl (C=O) groups excluding carboxylic acids is 1. The van der Waals surface area contributed by atoms with Crippen molar-refractivity contribution in [2.75, 3.05) is 11.6 Å². The Kier molecular flexibility index (Phi) is 3.90. The number of rotatable bonds is 3. The van der Waals surface area contributed by atoms with Crippen LogP contribution in [0, 0.1) is 5.82 Å². The smallest absolute Gasteiger partial charge is 0.257 e. The summed E-state index contributed by atoms with van der Waals surface area (Å²) in [5.41, 5.74) is 0.836. The Balaban J connectivity index is 1.83. The predicted octanol–water partition coefficient (Wildman–Crippen LogP) is 4.41. The third-order valence-corrected chi connectivity index (χ3v) is 4.62. The number of para-hydroxylation sites is 1. The number of nitrogens with zero attached hydrogens (tertiary/aromatic N) is 1. The van der Waals surface area contributed by atoms with E-state index in [2.05, 4.69) is 10.3 Å². The zero-order valence-corrected chi connectivity index (χ0v) is 12.7. The third-order valence-electron chi connectivity index (χ3n) is 2.94. The lowest BCUT2D eigenvalue weighted by Gasteiger charge is -2.02. The lowest BCUT2D eigenvalue weighted by Crippen LogP contribution is -2.11. The molecule has 0 bridgehead atoms. The Morgan fingerprint density at radius 2 is 2.00 bits per heavy atom. The van der Waals surface area contributed by atoms with Crippen LogP contribution in [0.25, 0.3) is 10.2 Å². The van der Waals surface area contributed by atoms with Crippen LogP contribution in [0.1, 0.15) is 10.4 Å². The molecule has 0 atom stereocenters. The maximum absolute atomic E-state index is 13.6. The molecule has 6 heteroatoms. The summed E-state index contributed by atoms with van der Waals surface area (Å²) in [6.07, 6.45) is 1.98. The van der Waals surface area contributed by atoms with Gasteiger partial charge in [0, 0.05) is 10.5 Å². The average Bonchev–Trinajstić information content (AvgIpc) is 2.91. The van der Waals surface area contributed by atoms with Crippen LogP contribution >= 0.6 is 23.1 Å². The van der Waals surface area contributed by atoms with Crippen molar-refractivity contribution in [3.8, 4) is 0 Å². The number of fused-ring (bicyclic) bond motifs is 1. The van der Waals surface area contributed by atoms with Crippen molar-refractivity contribution < 1.29 is 9.18 Å². The Morgan fingerprint density at radius 3 is 2.67 bits per heavy atom. The summed E-state index contributed by atoms with van der Waals surface area (Å²) in [5.74, 6) is -0.629. The zero-order chi connectivity index (χ0) is 14.8. The molecule has 1 heterocycles. The molecule has 3 aromatic rings. The van der Waals surface area contributed by atoms with Gasteiger partial charge in [0.2, 0.25) is 0 Å². The highest BCUT2D eigenvalue weighted by Gasteiger charge is 2.11. The third kappa shape index (κ3) is 2.91. The van der Waals surface area contributed by atoms with Crippen molar-refractivity contribution >= 4 is 44.4 Å². The Labute approximate surface area is 129 Å². The molecular formula is C15H11FN2OS2. The van der Waals surface area contributed by atoms with Crippen LogP contribution < -0.4 is 5.32 Å². The van der Waals surface area contributed by atoms with E-state index < -0.39 is 0 Å². The molecule has 0 saturated carbocycles. The highest BCUT2D eigenvalue weighted by Crippen LogP contribution is 2.27. The first-order valence-electron chi connectivity index (χ1n) is 6.18. The molecule has 2 aromatic carbocycles. The van der Waals surface area contributed by atoms with Gasteiger partial charge in [-0.2, -0.15) is 0 Å². The standard InChI is InChI=1S/C15H11FN2OS2/c1-20-10-7-5-9(6-8-10)14(19)18-15-17-13-11(16)3-2-4-12(13)21-15/h2-8H,1H3,(H,17,18,19). The van der Waals surface area contributed by atoms with Crippen LogP contribution in [0.2, 0.25) is 0 Å². The fourth-order valence-electron chi connectivity index (χ4n) is 1.88. The van der Waals surface area contributed by atoms with Crippen LogP contribution in [0.3, 0.4) is 0 Å². The number of halogens is 1. The average molecular weight is 318 g/mol. The summed E-state index contributed by atoms with van der Waals surface area (Å²) >= 11 is 2.87. The molecule has 106 valence electrons. The first kappa shape index (κ1) is 14.0. The fourth-order valence-corrected chi connectivity index (χ4v) is 3.16. The molecule has 0 radical (unpaired) electrons. The van der Waals surface area contributed by atoms with Crippen molar-refractivity contribution in [2.24, 2.45) is 0 Å². The maximum Gasteiger partial charge on any atom is 0.257 e. The van der Waals surface area contributed by atoms with Gasteiger partial charge >= 0.3 is 0 Å². The van der Waals surface area contributed by atoms with Gasteiger partial charge in [-0.05, 0) is 42.7 Å². The number of amides is 1. The summed E-state index contributed by atoms with van der Waals surface area (Å²) in [6.45, 7) is 0. The zero-order valence-electron chi connectivity index (χ0n) is 11.1. The molecular weight excluding hydrogens is 307 g/mol. The first-order valence-corrected chi connectivity index (χ1v) is 8.22. The summed E-state index contributed by atoms with van der Waals surface area (Å²) in [6, 6.07) is 12.1. The van der Waals surface area contributed by atoms with Crippen LogP contribution in [0.4, 0.5) is 9.52 Å². The largest absolute Gasteiger partial charge is 0.298 e. The summed E-state index contributed by atoms with van der Waals surface area (Å²) in [5, 5.41) is 3.10. The van der Waals surface area contributed by atoms with E-state index in [1.165, 1.54) is 17.4 Å². The second-order valence-electron chi connectivity index (χ2n) is 4.29. The summed E-state index contributed by atoms with van der Waals surface area (Å²) in [7, 11) is 0. The van der Waals surface area contributed by atoms with E-state index >= 15 is 0 Å². The minimum atomic E-state index is -0.381. The van der Waals surface area contributed by atoms with Gasteiger partial charge < -0.3 is 0 Å². The molecule has 0 spiro atoms. The van der Waals surface area contributed by atoms with Gasteiger partial charge in [0.1, 0.15) is 11.3 Å². The quantitative estimate of drug-likeness (QED) is 0.727. The lowest BCUT2D eigenvalue weighted by atomic mass is 10.2. The van der Waals surface area contributed by atoms with E-state index in [4.69, 9.17) is 0 Å². The number of anilines is 1. The van der Waals surface area contributed by atoms with Crippen molar-refractivity contribution in [2.45, 2.75) is 4.90 Å². The topological polar surface area (TPSA) is 42.0 Å². The number of carbonyl (C=O) groups is 1. The molecule has 0 saturated heterocycles. The van der Waals surface area contributed by atoms with Crippen LogP contribution in [0.5, 0.6) is 0 Å². The first-order chi connectivity index (χ1) is 10.2. The number of aromatic nitrogens is 1. The number of nitrogens with one attached hydrogen (secondary N) is 1. The monoisotopic (exact) mass is 318 g/mol. The number of benzene rings is 2. The van der Waals surface area contributed by atoms with E-state index in [1.807, 2.05) is 18.4 Å². The minimum Gasteiger partial charge on any atom is -0.298 e. The second kappa shape index (κ2) is 5.83. The highest BCUT2D eigenvalue weighted by molar-refractivity contribution is 7.98. The molecule has 0 fully saturated rings. The number of hydrogen-bond donors (Lipinski definition) is 1. The summed E-state index contributed by atoms with van der Waals surface area (Å²) < 4.78 is 14.3. The summed E-state index contributed by atoms with van der Waals surface area (Å²) in [4.78, 5) is 17.3. The van der Waals surface area contributed by atoms with E-state index in [-0.39, 0.29) is 17.2 Å². The maximum atomic E-state index is 13.6. The van der Waals surface area contributed by atoms with Crippen molar-refractivity contribution in [3.63, 3.8) is 0 Å². The number of thiazole rings is 1. The van der Waals surface area contributed by atoms with Gasteiger partial charge in [-0.25, -0.2) is 9.37 Å². The van der Waals surface area contributed by atoms with Crippen molar-refractivity contribution in [1.82, 2.24) is 4.98 Å². The highest BCUT2D eigenvalue weighted by atomic mass is 32.2. The van der Waals surface area contributed by atoms with Gasteiger partial charge in [0.15, 0.2) is 5.13 Å². The van der Waals surface area contributed by atoms with E-state index in [0.29, 0.717) is 15.4 Å². The SMILES string of the molecule is CSc1ccc(C(=O)Nc2nc3c(F)cccc3s2)cc1. The van der Waals surface area contributed by atoms with E-state index in [1.54, 1.807) is 36.0 Å². The van der Waals surface area contributed by atoms with Crippen LogP contribution in [-0.2, 0) is 0 Å². The van der Waals surface area contributed by atoms with E-state index in [9.17, 15) is 9.18 Å². The molecule has 0 aliphatic heterocycles. The van der Waals surface area contributed by atoms with Gasteiger partial charge in [-0.1, -0.05) is 17.4 Å². The molecule has 3 nitrogen and oxygen atoms in total. The van der Waals surface area contributed by atoms with Gasteiger partial charge in [0.05, 0.1) is 4.70 Å². The molecule has 1 amide bonds. The molecule has 0 unspecified atom stereocenters. The predicted molar refractivity (Wildman–Crippen MR) is 85.8 cm³/mol. The Bertz CT molecular complexity index is 799. The fraction of sp³-hybridized carbons (Fsp3) is 0.0667. The van der Waals surface area contributed by atoms with Gasteiger partial charge in [-0.3, -0.25) is 10.1 Å². The van der Waals surface area contributed by atoms with Crippen molar-refractivity contribution in [3.05, 3.63) is 53.8 Å². The number of thioether (sulfide) groups is 1. The molecule has 3 rings (SSSR count). The van der Waals surface area contributed by atoms with Gasteiger partial charge in [0.25, 0.3) is 5.91 Å². The van der Waals surface area contributed by atoms with E-state index in [0.717, 1.165) is 4.90 Å². The molecule has 0 aliphatic rings. The van der Waals surface area contributed by atoms with Crippen molar-refractivity contribution in [1.29, 1.82) is 0 Å². The molecule has 1 N–H and O–H groups in total.